The number of rotatable bonds is 5. The van der Waals surface area contributed by atoms with Crippen molar-refractivity contribution < 1.29 is 18.0 Å². The molecule has 1 aromatic heterocycles. The van der Waals surface area contributed by atoms with Crippen molar-refractivity contribution in [2.24, 2.45) is 0 Å². The van der Waals surface area contributed by atoms with Gasteiger partial charge in [0, 0.05) is 18.9 Å². The van der Waals surface area contributed by atoms with Crippen LogP contribution in [0.3, 0.4) is 0 Å². The monoisotopic (exact) mass is 343 g/mol. The van der Waals surface area contributed by atoms with Gasteiger partial charge in [-0.2, -0.15) is 0 Å². The normalized spacial score (nSPS) is 12.3. The number of carbonyl (C=O) groups excluding carboxylic acids is 1. The van der Waals surface area contributed by atoms with E-state index in [9.17, 15) is 13.6 Å². The highest BCUT2D eigenvalue weighted by atomic mass is 19.1. The van der Waals surface area contributed by atoms with Crippen LogP contribution in [0.1, 0.15) is 30.7 Å². The fraction of sp³-hybridized carbons (Fsp3) is 0.250. The Morgan fingerprint density at radius 3 is 2.68 bits per heavy atom. The number of furan rings is 1. The maximum Gasteiger partial charge on any atom is 0.223 e. The molecule has 0 aliphatic carbocycles. The zero-order chi connectivity index (χ0) is 18.0. The Labute approximate surface area is 144 Å². The molecule has 0 aliphatic heterocycles. The molecule has 2 aromatic carbocycles. The molecule has 1 unspecified atom stereocenters. The van der Waals surface area contributed by atoms with Crippen molar-refractivity contribution in [3.63, 3.8) is 0 Å². The Balaban J connectivity index is 1.67. The number of benzene rings is 2. The highest BCUT2D eigenvalue weighted by molar-refractivity contribution is 5.79. The van der Waals surface area contributed by atoms with Gasteiger partial charge in [0.2, 0.25) is 5.91 Å². The van der Waals surface area contributed by atoms with Crippen molar-refractivity contribution in [2.75, 3.05) is 7.05 Å². The van der Waals surface area contributed by atoms with E-state index in [0.29, 0.717) is 5.76 Å². The van der Waals surface area contributed by atoms with Crippen LogP contribution in [0.15, 0.2) is 52.9 Å². The number of para-hydroxylation sites is 1. The fourth-order valence-corrected chi connectivity index (χ4v) is 2.77. The number of hydrogen-bond donors (Lipinski definition) is 0. The largest absolute Gasteiger partial charge is 0.459 e. The van der Waals surface area contributed by atoms with Crippen molar-refractivity contribution in [3.05, 3.63) is 71.5 Å². The van der Waals surface area contributed by atoms with E-state index in [4.69, 9.17) is 4.42 Å². The van der Waals surface area contributed by atoms with Gasteiger partial charge in [0.15, 0.2) is 0 Å². The fourth-order valence-electron chi connectivity index (χ4n) is 2.77. The standard InChI is InChI=1S/C20H19F2NO2/c1-13(19-12-15-5-3-4-6-18(15)25-19)23(2)20(24)10-7-14-11-16(21)8-9-17(14)22/h3-6,8-9,11-13H,7,10H2,1-2H3. The molecule has 1 amide bonds. The number of aryl methyl sites for hydroxylation is 1. The van der Waals surface area contributed by atoms with E-state index < -0.39 is 11.6 Å². The average Bonchev–Trinajstić information content (AvgIpc) is 3.05. The molecule has 3 rings (SSSR count). The smallest absolute Gasteiger partial charge is 0.223 e. The predicted molar refractivity (Wildman–Crippen MR) is 92.1 cm³/mol. The Morgan fingerprint density at radius 2 is 1.92 bits per heavy atom. The summed E-state index contributed by atoms with van der Waals surface area (Å²) in [6.45, 7) is 1.87. The Hall–Kier alpha value is -2.69. The first-order valence-corrected chi connectivity index (χ1v) is 8.14. The van der Waals surface area contributed by atoms with Crippen LogP contribution in [0.25, 0.3) is 11.0 Å². The van der Waals surface area contributed by atoms with E-state index in [-0.39, 0.29) is 30.4 Å². The third-order valence-electron chi connectivity index (χ3n) is 4.45. The number of carbonyl (C=O) groups is 1. The second-order valence-electron chi connectivity index (χ2n) is 6.10. The second-order valence-corrected chi connectivity index (χ2v) is 6.10. The van der Waals surface area contributed by atoms with Crippen LogP contribution < -0.4 is 0 Å². The Bertz CT molecular complexity index is 871. The van der Waals surface area contributed by atoms with Crippen LogP contribution in [-0.4, -0.2) is 17.9 Å². The van der Waals surface area contributed by atoms with E-state index in [2.05, 4.69) is 0 Å². The van der Waals surface area contributed by atoms with E-state index in [0.717, 1.165) is 29.2 Å². The van der Waals surface area contributed by atoms with Crippen molar-refractivity contribution in [1.29, 1.82) is 0 Å². The minimum absolute atomic E-state index is 0.0987. The third-order valence-corrected chi connectivity index (χ3v) is 4.45. The SMILES string of the molecule is CC(c1cc2ccccc2o1)N(C)C(=O)CCc1cc(F)ccc1F. The van der Waals surface area contributed by atoms with E-state index in [1.165, 1.54) is 0 Å². The lowest BCUT2D eigenvalue weighted by Gasteiger charge is -2.23. The van der Waals surface area contributed by atoms with Crippen LogP contribution in [0, 0.1) is 11.6 Å². The van der Waals surface area contributed by atoms with Crippen LogP contribution in [0.5, 0.6) is 0 Å². The van der Waals surface area contributed by atoms with Crippen LogP contribution in [0.4, 0.5) is 8.78 Å². The van der Waals surface area contributed by atoms with E-state index in [1.54, 1.807) is 11.9 Å². The molecule has 130 valence electrons. The number of halogens is 2. The molecule has 0 spiro atoms. The topological polar surface area (TPSA) is 33.5 Å². The average molecular weight is 343 g/mol. The highest BCUT2D eigenvalue weighted by Gasteiger charge is 2.21. The van der Waals surface area contributed by atoms with Crippen molar-refractivity contribution in [2.45, 2.75) is 25.8 Å². The minimum Gasteiger partial charge on any atom is -0.459 e. The lowest BCUT2D eigenvalue weighted by molar-refractivity contribution is -0.132. The molecular formula is C20H19F2NO2. The summed E-state index contributed by atoms with van der Waals surface area (Å²) in [6.07, 6.45) is 0.251. The molecule has 1 heterocycles. The number of fused-ring (bicyclic) bond motifs is 1. The summed E-state index contributed by atoms with van der Waals surface area (Å²) in [5.41, 5.74) is 0.977. The van der Waals surface area contributed by atoms with Gasteiger partial charge in [0.25, 0.3) is 0 Å². The summed E-state index contributed by atoms with van der Waals surface area (Å²) >= 11 is 0. The first-order chi connectivity index (χ1) is 12.0. The number of hydrogen-bond acceptors (Lipinski definition) is 2. The Kier molecular flexibility index (Phi) is 4.83. The molecule has 0 radical (unpaired) electrons. The highest BCUT2D eigenvalue weighted by Crippen LogP contribution is 2.27. The zero-order valence-electron chi connectivity index (χ0n) is 14.1. The first kappa shape index (κ1) is 17.1. The van der Waals surface area contributed by atoms with E-state index in [1.807, 2.05) is 37.3 Å². The minimum atomic E-state index is -0.507. The van der Waals surface area contributed by atoms with Crippen molar-refractivity contribution in [3.8, 4) is 0 Å². The number of amides is 1. The van der Waals surface area contributed by atoms with Gasteiger partial charge in [-0.05, 0) is 49.2 Å². The van der Waals surface area contributed by atoms with Gasteiger partial charge in [-0.1, -0.05) is 18.2 Å². The summed E-state index contributed by atoms with van der Waals surface area (Å²) in [6, 6.07) is 12.6. The number of nitrogens with zero attached hydrogens (tertiary/aromatic N) is 1. The molecular weight excluding hydrogens is 324 g/mol. The molecule has 0 aliphatic rings. The molecule has 0 N–H and O–H groups in total. The summed E-state index contributed by atoms with van der Waals surface area (Å²) in [7, 11) is 1.68. The first-order valence-electron chi connectivity index (χ1n) is 8.14. The van der Waals surface area contributed by atoms with E-state index >= 15 is 0 Å². The Morgan fingerprint density at radius 1 is 1.16 bits per heavy atom. The second kappa shape index (κ2) is 7.05. The molecule has 0 saturated carbocycles. The molecule has 0 fully saturated rings. The lowest BCUT2D eigenvalue weighted by Crippen LogP contribution is -2.29. The molecule has 0 saturated heterocycles. The van der Waals surface area contributed by atoms with Gasteiger partial charge < -0.3 is 9.32 Å². The summed E-state index contributed by atoms with van der Waals surface area (Å²) in [4.78, 5) is 14.0. The quantitative estimate of drug-likeness (QED) is 0.663. The molecule has 3 aromatic rings. The van der Waals surface area contributed by atoms with Crippen LogP contribution in [-0.2, 0) is 11.2 Å². The summed E-state index contributed by atoms with van der Waals surface area (Å²) in [5.74, 6) is -0.472. The maximum absolute atomic E-state index is 13.7. The zero-order valence-corrected chi connectivity index (χ0v) is 14.1. The van der Waals surface area contributed by atoms with Crippen LogP contribution in [0.2, 0.25) is 0 Å². The molecule has 1 atom stereocenters. The molecule has 0 bridgehead atoms. The summed E-state index contributed by atoms with van der Waals surface area (Å²) < 4.78 is 32.7. The van der Waals surface area contributed by atoms with Gasteiger partial charge in [0.1, 0.15) is 23.0 Å². The van der Waals surface area contributed by atoms with Gasteiger partial charge in [-0.25, -0.2) is 8.78 Å². The van der Waals surface area contributed by atoms with Crippen molar-refractivity contribution >= 4 is 16.9 Å². The van der Waals surface area contributed by atoms with Gasteiger partial charge in [-0.3, -0.25) is 4.79 Å². The van der Waals surface area contributed by atoms with Crippen molar-refractivity contribution in [1.82, 2.24) is 4.90 Å². The molecule has 5 heteroatoms. The molecule has 3 nitrogen and oxygen atoms in total. The van der Waals surface area contributed by atoms with Crippen LogP contribution >= 0.6 is 0 Å². The predicted octanol–water partition coefficient (Wildman–Crippen LogP) is 4.86. The van der Waals surface area contributed by atoms with Gasteiger partial charge in [0.05, 0.1) is 6.04 Å². The summed E-state index contributed by atoms with van der Waals surface area (Å²) in [5, 5.41) is 0.979. The van der Waals surface area contributed by atoms with Gasteiger partial charge >= 0.3 is 0 Å². The molecule has 25 heavy (non-hydrogen) atoms. The lowest BCUT2D eigenvalue weighted by atomic mass is 10.1. The maximum atomic E-state index is 13.7. The third kappa shape index (κ3) is 3.71. The van der Waals surface area contributed by atoms with Gasteiger partial charge in [-0.15, -0.1) is 0 Å².